The summed E-state index contributed by atoms with van der Waals surface area (Å²) in [6.45, 7) is 5.09. The summed E-state index contributed by atoms with van der Waals surface area (Å²) < 4.78 is 6.45. The normalized spacial score (nSPS) is 33.1. The summed E-state index contributed by atoms with van der Waals surface area (Å²) in [6.07, 6.45) is 2.56. The number of rotatable bonds is 4. The number of amides is 1. The van der Waals surface area contributed by atoms with Crippen molar-refractivity contribution < 1.29 is 9.53 Å². The summed E-state index contributed by atoms with van der Waals surface area (Å²) in [7, 11) is 0. The quantitative estimate of drug-likeness (QED) is 0.866. The number of halogens is 1. The molecule has 3 fully saturated rings. The highest BCUT2D eigenvalue weighted by molar-refractivity contribution is 6.36. The standard InChI is InChI=1S/C20H24ClN3O2/c1-12(25)22-8-14-15-9-24(11-20(15)7-6-18(14)26-20)10-17-19(21)13-4-2-3-5-16(13)23-17/h2-5,14-15,18,23H,6-11H2,1H3,(H,22,25)/t14-,15+,18+,20+/m0/s1. The molecule has 138 valence electrons. The van der Waals surface area contributed by atoms with E-state index < -0.39 is 0 Å². The predicted molar refractivity (Wildman–Crippen MR) is 101 cm³/mol. The van der Waals surface area contributed by atoms with E-state index in [-0.39, 0.29) is 11.5 Å². The van der Waals surface area contributed by atoms with E-state index in [4.69, 9.17) is 16.3 Å². The van der Waals surface area contributed by atoms with Gasteiger partial charge in [0.05, 0.1) is 16.7 Å². The summed E-state index contributed by atoms with van der Waals surface area (Å²) >= 11 is 6.61. The average molecular weight is 374 g/mol. The van der Waals surface area contributed by atoms with Crippen molar-refractivity contribution in [1.29, 1.82) is 0 Å². The monoisotopic (exact) mass is 373 g/mol. The minimum atomic E-state index is -0.0215. The zero-order valence-corrected chi connectivity index (χ0v) is 15.7. The number of benzene rings is 1. The van der Waals surface area contributed by atoms with Crippen molar-refractivity contribution in [2.45, 2.75) is 38.0 Å². The Balaban J connectivity index is 1.35. The Morgan fingerprint density at radius 1 is 1.46 bits per heavy atom. The second-order valence-electron chi connectivity index (χ2n) is 8.10. The second-order valence-corrected chi connectivity index (χ2v) is 8.48. The van der Waals surface area contributed by atoms with E-state index in [1.165, 1.54) is 0 Å². The van der Waals surface area contributed by atoms with Gasteiger partial charge in [0, 0.05) is 61.5 Å². The lowest BCUT2D eigenvalue weighted by atomic mass is 9.73. The molecule has 5 rings (SSSR count). The Hall–Kier alpha value is -1.56. The Morgan fingerprint density at radius 3 is 3.12 bits per heavy atom. The van der Waals surface area contributed by atoms with E-state index >= 15 is 0 Å². The topological polar surface area (TPSA) is 57.4 Å². The lowest BCUT2D eigenvalue weighted by Gasteiger charge is -2.29. The van der Waals surface area contributed by atoms with Gasteiger partial charge in [0.15, 0.2) is 0 Å². The predicted octanol–water partition coefficient (Wildman–Crippen LogP) is 2.94. The van der Waals surface area contributed by atoms with Crippen molar-refractivity contribution in [3.05, 3.63) is 35.0 Å². The number of para-hydroxylation sites is 1. The lowest BCUT2D eigenvalue weighted by Crippen LogP contribution is -2.41. The molecule has 4 heterocycles. The zero-order chi connectivity index (χ0) is 17.9. The van der Waals surface area contributed by atoms with Crippen LogP contribution in [0.3, 0.4) is 0 Å². The van der Waals surface area contributed by atoms with Crippen molar-refractivity contribution in [3.63, 3.8) is 0 Å². The maximum absolute atomic E-state index is 11.3. The number of ether oxygens (including phenoxy) is 1. The summed E-state index contributed by atoms with van der Waals surface area (Å²) in [5.41, 5.74) is 2.15. The van der Waals surface area contributed by atoms with Crippen molar-refractivity contribution in [1.82, 2.24) is 15.2 Å². The van der Waals surface area contributed by atoms with Crippen LogP contribution in [0, 0.1) is 11.8 Å². The van der Waals surface area contributed by atoms with Gasteiger partial charge in [-0.15, -0.1) is 0 Å². The number of aromatic nitrogens is 1. The first-order chi connectivity index (χ1) is 12.6. The van der Waals surface area contributed by atoms with E-state index in [1.807, 2.05) is 12.1 Å². The molecule has 0 saturated carbocycles. The maximum Gasteiger partial charge on any atom is 0.216 e. The third-order valence-electron chi connectivity index (χ3n) is 6.54. The van der Waals surface area contributed by atoms with E-state index in [9.17, 15) is 4.79 Å². The molecule has 0 aliphatic carbocycles. The van der Waals surface area contributed by atoms with Gasteiger partial charge in [0.25, 0.3) is 0 Å². The lowest BCUT2D eigenvalue weighted by molar-refractivity contribution is -0.119. The number of nitrogens with zero attached hydrogens (tertiary/aromatic N) is 1. The molecule has 3 aliphatic heterocycles. The van der Waals surface area contributed by atoms with E-state index in [2.05, 4.69) is 27.3 Å². The Labute approximate surface area is 158 Å². The maximum atomic E-state index is 11.3. The number of carbonyl (C=O) groups is 1. The summed E-state index contributed by atoms with van der Waals surface area (Å²) in [6, 6.07) is 8.17. The summed E-state index contributed by atoms with van der Waals surface area (Å²) in [5.74, 6) is 0.966. The summed E-state index contributed by atoms with van der Waals surface area (Å²) in [5, 5.41) is 4.92. The van der Waals surface area contributed by atoms with Crippen molar-refractivity contribution in [3.8, 4) is 0 Å². The molecule has 2 N–H and O–H groups in total. The molecule has 1 amide bonds. The van der Waals surface area contributed by atoms with Gasteiger partial charge < -0.3 is 15.0 Å². The highest BCUT2D eigenvalue weighted by Gasteiger charge is 2.62. The number of H-pyrrole nitrogens is 1. The molecule has 1 spiro atoms. The Kier molecular flexibility index (Phi) is 3.82. The molecule has 1 aromatic carbocycles. The number of nitrogens with one attached hydrogen (secondary N) is 2. The van der Waals surface area contributed by atoms with Crippen molar-refractivity contribution in [2.24, 2.45) is 11.8 Å². The average Bonchev–Trinajstić information content (AvgIpc) is 3.33. The smallest absolute Gasteiger partial charge is 0.216 e. The molecule has 2 bridgehead atoms. The molecule has 6 heteroatoms. The zero-order valence-electron chi connectivity index (χ0n) is 14.9. The van der Waals surface area contributed by atoms with Gasteiger partial charge in [-0.2, -0.15) is 0 Å². The molecule has 0 radical (unpaired) electrons. The van der Waals surface area contributed by atoms with Crippen LogP contribution in [0.4, 0.5) is 0 Å². The first-order valence-electron chi connectivity index (χ1n) is 9.45. The number of carbonyl (C=O) groups excluding carboxylic acids is 1. The molecule has 26 heavy (non-hydrogen) atoms. The highest BCUT2D eigenvalue weighted by atomic mass is 35.5. The minimum absolute atomic E-state index is 0.0215. The fourth-order valence-corrected chi connectivity index (χ4v) is 5.71. The largest absolute Gasteiger partial charge is 0.370 e. The van der Waals surface area contributed by atoms with Crippen LogP contribution in [-0.4, -0.2) is 47.1 Å². The van der Waals surface area contributed by atoms with Crippen molar-refractivity contribution >= 4 is 28.4 Å². The number of likely N-dealkylation sites (tertiary alicyclic amines) is 1. The SMILES string of the molecule is CC(=O)NC[C@H]1[C@H]2CN(Cc3[nH]c4ccccc4c3Cl)C[C@]23CC[C@H]1O3. The van der Waals surface area contributed by atoms with E-state index in [1.54, 1.807) is 6.92 Å². The second kappa shape index (κ2) is 5.98. The molecule has 4 atom stereocenters. The molecule has 1 aromatic heterocycles. The minimum Gasteiger partial charge on any atom is -0.370 e. The molecule has 2 aromatic rings. The third kappa shape index (κ3) is 2.48. The van der Waals surface area contributed by atoms with E-state index in [0.29, 0.717) is 17.9 Å². The number of aromatic amines is 1. The van der Waals surface area contributed by atoms with E-state index in [0.717, 1.165) is 60.6 Å². The van der Waals surface area contributed by atoms with Gasteiger partial charge in [0.1, 0.15) is 0 Å². The van der Waals surface area contributed by atoms with Gasteiger partial charge in [-0.25, -0.2) is 0 Å². The molecular formula is C20H24ClN3O2. The number of fused-ring (bicyclic) bond motifs is 2. The van der Waals surface area contributed by atoms with Gasteiger partial charge in [-0.1, -0.05) is 29.8 Å². The van der Waals surface area contributed by atoms with Gasteiger partial charge in [-0.05, 0) is 18.9 Å². The van der Waals surface area contributed by atoms with Crippen LogP contribution >= 0.6 is 11.6 Å². The molecule has 5 nitrogen and oxygen atoms in total. The van der Waals surface area contributed by atoms with Crippen LogP contribution in [0.5, 0.6) is 0 Å². The van der Waals surface area contributed by atoms with Crippen LogP contribution < -0.4 is 5.32 Å². The van der Waals surface area contributed by atoms with Gasteiger partial charge in [0.2, 0.25) is 5.91 Å². The first-order valence-corrected chi connectivity index (χ1v) is 9.83. The Morgan fingerprint density at radius 2 is 2.31 bits per heavy atom. The Bertz CT molecular complexity index is 866. The van der Waals surface area contributed by atoms with Gasteiger partial charge >= 0.3 is 0 Å². The van der Waals surface area contributed by atoms with Crippen LogP contribution in [0.1, 0.15) is 25.5 Å². The van der Waals surface area contributed by atoms with Crippen LogP contribution in [0.25, 0.3) is 10.9 Å². The third-order valence-corrected chi connectivity index (χ3v) is 6.97. The van der Waals surface area contributed by atoms with Gasteiger partial charge in [-0.3, -0.25) is 9.69 Å². The van der Waals surface area contributed by atoms with Crippen molar-refractivity contribution in [2.75, 3.05) is 19.6 Å². The fraction of sp³-hybridized carbons (Fsp3) is 0.550. The summed E-state index contributed by atoms with van der Waals surface area (Å²) in [4.78, 5) is 17.3. The molecular weight excluding hydrogens is 350 g/mol. The first kappa shape index (κ1) is 16.6. The molecule has 3 aliphatic rings. The number of hydrogen-bond donors (Lipinski definition) is 2. The molecule has 3 saturated heterocycles. The fourth-order valence-electron chi connectivity index (χ4n) is 5.44. The van der Waals surface area contributed by atoms with Crippen LogP contribution in [-0.2, 0) is 16.1 Å². The highest BCUT2D eigenvalue weighted by Crippen LogP contribution is 2.54. The van der Waals surface area contributed by atoms with Crippen LogP contribution in [0.2, 0.25) is 5.02 Å². The van der Waals surface area contributed by atoms with Crippen LogP contribution in [0.15, 0.2) is 24.3 Å². The molecule has 0 unspecified atom stereocenters. The number of hydrogen-bond acceptors (Lipinski definition) is 3.